The van der Waals surface area contributed by atoms with E-state index >= 15 is 0 Å². The maximum atomic E-state index is 13.1. The summed E-state index contributed by atoms with van der Waals surface area (Å²) in [5.41, 5.74) is 0.314. The zero-order valence-corrected chi connectivity index (χ0v) is 13.2. The molecule has 0 aliphatic rings. The van der Waals surface area contributed by atoms with Gasteiger partial charge in [-0.15, -0.1) is 0 Å². The molecule has 0 aliphatic heterocycles. The van der Waals surface area contributed by atoms with Gasteiger partial charge in [-0.25, -0.2) is 4.79 Å². The first-order valence-electron chi connectivity index (χ1n) is 6.78. The Bertz CT molecular complexity index is 693. The normalized spacial score (nSPS) is 13.0. The molecule has 0 bridgehead atoms. The van der Waals surface area contributed by atoms with Crippen molar-refractivity contribution >= 4 is 17.5 Å². The second-order valence-corrected chi connectivity index (χ2v) is 5.52. The van der Waals surface area contributed by atoms with Crippen LogP contribution in [0.2, 0.25) is 0 Å². The molecule has 0 saturated carbocycles. The summed E-state index contributed by atoms with van der Waals surface area (Å²) in [4.78, 5) is 10.9. The molecule has 2 aromatic rings. The minimum Gasteiger partial charge on any atom is -0.462 e. The van der Waals surface area contributed by atoms with Crippen molar-refractivity contribution in [3.63, 3.8) is 0 Å². The van der Waals surface area contributed by atoms with Crippen LogP contribution in [0.15, 0.2) is 24.3 Å². The molecule has 1 heterocycles. The van der Waals surface area contributed by atoms with Crippen molar-refractivity contribution < 1.29 is 27.8 Å². The number of halogens is 3. The predicted molar refractivity (Wildman–Crippen MR) is 79.1 cm³/mol. The zero-order valence-electron chi connectivity index (χ0n) is 12.3. The van der Waals surface area contributed by atoms with Gasteiger partial charge in [-0.05, 0) is 30.9 Å². The molecular formula is C15H14F3NO3S. The van der Waals surface area contributed by atoms with E-state index in [4.69, 9.17) is 4.74 Å². The van der Waals surface area contributed by atoms with Gasteiger partial charge in [0.1, 0.15) is 10.4 Å². The minimum atomic E-state index is -4.68. The van der Waals surface area contributed by atoms with Gasteiger partial charge in [-0.1, -0.05) is 24.3 Å². The SMILES string of the molecule is CCOC(=O)c1c(-c2ccc(C(C)O)cc2)nsc1C(F)(F)F. The summed E-state index contributed by atoms with van der Waals surface area (Å²) < 4.78 is 47.8. The molecule has 0 aliphatic carbocycles. The van der Waals surface area contributed by atoms with Crippen molar-refractivity contribution in [1.82, 2.24) is 4.37 Å². The third kappa shape index (κ3) is 3.70. The van der Waals surface area contributed by atoms with E-state index in [2.05, 4.69) is 4.37 Å². The van der Waals surface area contributed by atoms with Gasteiger partial charge >= 0.3 is 12.1 Å². The van der Waals surface area contributed by atoms with Gasteiger partial charge in [0.05, 0.1) is 18.4 Å². The number of aliphatic hydroxyl groups is 1. The molecule has 0 spiro atoms. The van der Waals surface area contributed by atoms with Crippen LogP contribution >= 0.6 is 11.5 Å². The van der Waals surface area contributed by atoms with Crippen molar-refractivity contribution in [1.29, 1.82) is 0 Å². The maximum Gasteiger partial charge on any atom is 0.428 e. The average molecular weight is 345 g/mol. The largest absolute Gasteiger partial charge is 0.462 e. The van der Waals surface area contributed by atoms with Crippen LogP contribution in [0.3, 0.4) is 0 Å². The van der Waals surface area contributed by atoms with E-state index in [0.29, 0.717) is 11.1 Å². The van der Waals surface area contributed by atoms with Crippen molar-refractivity contribution in [2.75, 3.05) is 6.61 Å². The summed E-state index contributed by atoms with van der Waals surface area (Å²) in [5.74, 6) is -1.05. The first-order valence-corrected chi connectivity index (χ1v) is 7.55. The van der Waals surface area contributed by atoms with Gasteiger partial charge in [0, 0.05) is 5.56 Å². The Morgan fingerprint density at radius 1 is 1.35 bits per heavy atom. The summed E-state index contributed by atoms with van der Waals surface area (Å²) in [7, 11) is 0. The molecule has 8 heteroatoms. The lowest BCUT2D eigenvalue weighted by Crippen LogP contribution is -2.13. The van der Waals surface area contributed by atoms with Crippen LogP contribution in [-0.2, 0) is 10.9 Å². The molecule has 2 rings (SSSR count). The monoisotopic (exact) mass is 345 g/mol. The van der Waals surface area contributed by atoms with Crippen LogP contribution in [0.4, 0.5) is 13.2 Å². The van der Waals surface area contributed by atoms with Crippen LogP contribution in [0, 0.1) is 0 Å². The van der Waals surface area contributed by atoms with Crippen molar-refractivity contribution in [3.05, 3.63) is 40.3 Å². The van der Waals surface area contributed by atoms with E-state index in [0.717, 1.165) is 0 Å². The van der Waals surface area contributed by atoms with Crippen molar-refractivity contribution in [2.24, 2.45) is 0 Å². The highest BCUT2D eigenvalue weighted by Gasteiger charge is 2.40. The number of aromatic nitrogens is 1. The van der Waals surface area contributed by atoms with E-state index in [9.17, 15) is 23.1 Å². The maximum absolute atomic E-state index is 13.1. The number of alkyl halides is 3. The number of carbonyl (C=O) groups excluding carboxylic acids is 1. The van der Waals surface area contributed by atoms with E-state index in [1.807, 2.05) is 0 Å². The molecule has 1 unspecified atom stereocenters. The highest BCUT2D eigenvalue weighted by molar-refractivity contribution is 7.06. The Morgan fingerprint density at radius 3 is 2.43 bits per heavy atom. The predicted octanol–water partition coefficient (Wildman–Crippen LogP) is 4.06. The molecule has 0 amide bonds. The summed E-state index contributed by atoms with van der Waals surface area (Å²) in [6.07, 6.45) is -5.38. The molecule has 23 heavy (non-hydrogen) atoms. The fourth-order valence-electron chi connectivity index (χ4n) is 1.99. The Balaban J connectivity index is 2.54. The smallest absolute Gasteiger partial charge is 0.428 e. The van der Waals surface area contributed by atoms with Gasteiger partial charge in [0.15, 0.2) is 0 Å². The van der Waals surface area contributed by atoms with Gasteiger partial charge in [0.25, 0.3) is 0 Å². The number of benzene rings is 1. The standard InChI is InChI=1S/C15H14F3NO3S/c1-3-22-14(21)11-12(19-23-13(11)15(16,17)18)10-6-4-9(5-7-10)8(2)20/h4-8,20H,3H2,1-2H3. The van der Waals surface area contributed by atoms with Crippen molar-refractivity contribution in [3.8, 4) is 11.3 Å². The Kier molecular flexibility index (Phi) is 5.06. The molecule has 1 aromatic heterocycles. The van der Waals surface area contributed by atoms with Crippen molar-refractivity contribution in [2.45, 2.75) is 26.1 Å². The first-order chi connectivity index (χ1) is 10.8. The van der Waals surface area contributed by atoms with Crippen LogP contribution in [0.25, 0.3) is 11.3 Å². The van der Waals surface area contributed by atoms with Crippen LogP contribution in [0.1, 0.15) is 40.8 Å². The lowest BCUT2D eigenvalue weighted by molar-refractivity contribution is -0.134. The summed E-state index contributed by atoms with van der Waals surface area (Å²) in [6.45, 7) is 3.05. The lowest BCUT2D eigenvalue weighted by atomic mass is 10.0. The molecule has 124 valence electrons. The molecular weight excluding hydrogens is 331 g/mol. The lowest BCUT2D eigenvalue weighted by Gasteiger charge is -2.09. The van der Waals surface area contributed by atoms with E-state index in [1.165, 1.54) is 19.1 Å². The van der Waals surface area contributed by atoms with Gasteiger partial charge < -0.3 is 9.84 Å². The quantitative estimate of drug-likeness (QED) is 0.849. The first kappa shape index (κ1) is 17.4. The zero-order chi connectivity index (χ0) is 17.2. The third-order valence-electron chi connectivity index (χ3n) is 3.10. The number of nitrogens with zero attached hydrogens (tertiary/aromatic N) is 1. The number of aliphatic hydroxyl groups excluding tert-OH is 1. The molecule has 1 aromatic carbocycles. The Labute approximate surface area is 134 Å². The molecule has 1 N–H and O–H groups in total. The minimum absolute atomic E-state index is 0.0353. The average Bonchev–Trinajstić information content (AvgIpc) is 2.92. The number of esters is 1. The van der Waals surface area contributed by atoms with Gasteiger partial charge in [-0.2, -0.15) is 17.5 Å². The molecule has 0 radical (unpaired) electrons. The Hall–Kier alpha value is -1.93. The number of hydrogen-bond donors (Lipinski definition) is 1. The molecule has 0 saturated heterocycles. The number of carbonyl (C=O) groups is 1. The summed E-state index contributed by atoms with van der Waals surface area (Å²) >= 11 is 0.217. The number of ether oxygens (including phenoxy) is 1. The highest BCUT2D eigenvalue weighted by atomic mass is 32.1. The summed E-state index contributed by atoms with van der Waals surface area (Å²) in [5, 5.41) is 9.47. The van der Waals surface area contributed by atoms with Crippen LogP contribution in [0.5, 0.6) is 0 Å². The van der Waals surface area contributed by atoms with Gasteiger partial charge in [-0.3, -0.25) is 0 Å². The highest BCUT2D eigenvalue weighted by Crippen LogP contribution is 2.40. The van der Waals surface area contributed by atoms with Gasteiger partial charge in [0.2, 0.25) is 0 Å². The van der Waals surface area contributed by atoms with E-state index in [1.54, 1.807) is 19.1 Å². The Morgan fingerprint density at radius 2 is 1.96 bits per heavy atom. The molecule has 1 atom stereocenters. The molecule has 0 fully saturated rings. The van der Waals surface area contributed by atoms with E-state index in [-0.39, 0.29) is 23.8 Å². The molecule has 4 nitrogen and oxygen atoms in total. The van der Waals surface area contributed by atoms with Crippen LogP contribution in [-0.4, -0.2) is 22.1 Å². The second kappa shape index (κ2) is 6.67. The topological polar surface area (TPSA) is 59.4 Å². The van der Waals surface area contributed by atoms with E-state index < -0.39 is 28.7 Å². The second-order valence-electron chi connectivity index (χ2n) is 4.75. The van der Waals surface area contributed by atoms with Crippen LogP contribution < -0.4 is 0 Å². The number of hydrogen-bond acceptors (Lipinski definition) is 5. The number of rotatable bonds is 4. The third-order valence-corrected chi connectivity index (χ3v) is 3.99. The fraction of sp³-hybridized carbons (Fsp3) is 0.333. The summed E-state index contributed by atoms with van der Waals surface area (Å²) in [6, 6.07) is 6.17. The fourth-order valence-corrected chi connectivity index (χ4v) is 2.75.